The quantitative estimate of drug-likeness (QED) is 0.771. The maximum absolute atomic E-state index is 5.81. The molecule has 3 nitrogen and oxygen atoms in total. The van der Waals surface area contributed by atoms with Crippen LogP contribution in [0.25, 0.3) is 10.9 Å². The van der Waals surface area contributed by atoms with E-state index in [0.717, 1.165) is 49.9 Å². The Bertz CT molecular complexity index is 577. The number of pyridine rings is 1. The summed E-state index contributed by atoms with van der Waals surface area (Å²) in [6, 6.07) is 10.6. The fourth-order valence-electron chi connectivity index (χ4n) is 2.98. The number of nitrogens with zero attached hydrogens (tertiary/aromatic N) is 2. The first-order valence-electron chi connectivity index (χ1n) is 7.59. The highest BCUT2D eigenvalue weighted by Gasteiger charge is 2.20. The van der Waals surface area contributed by atoms with Crippen LogP contribution in [0.1, 0.15) is 18.4 Å². The molecule has 0 bridgehead atoms. The van der Waals surface area contributed by atoms with Crippen molar-refractivity contribution in [2.45, 2.75) is 25.5 Å². The van der Waals surface area contributed by atoms with E-state index < -0.39 is 0 Å². The average molecular weight is 349 g/mol. The van der Waals surface area contributed by atoms with Crippen LogP contribution in [0.5, 0.6) is 0 Å². The first kappa shape index (κ1) is 14.9. The Kier molecular flexibility index (Phi) is 5.22. The van der Waals surface area contributed by atoms with Gasteiger partial charge in [-0.05, 0) is 24.5 Å². The number of benzene rings is 1. The fraction of sp³-hybridized carbons (Fsp3) is 0.471. The van der Waals surface area contributed by atoms with E-state index in [9.17, 15) is 0 Å². The van der Waals surface area contributed by atoms with Gasteiger partial charge < -0.3 is 4.74 Å². The minimum Gasteiger partial charge on any atom is -0.377 e. The standard InChI is InChI=1S/C17H21BrN2O/c18-8-12-21-16-6-10-20(11-7-16)13-15-4-1-3-14-5-2-9-19-17(14)15/h1-5,9,16H,6-8,10-13H2. The van der Waals surface area contributed by atoms with Crippen molar-refractivity contribution in [3.8, 4) is 0 Å². The molecular formula is C17H21BrN2O. The first-order valence-corrected chi connectivity index (χ1v) is 8.71. The van der Waals surface area contributed by atoms with Crippen molar-refractivity contribution in [2.75, 3.05) is 25.0 Å². The Labute approximate surface area is 134 Å². The molecule has 1 fully saturated rings. The Morgan fingerprint density at radius 1 is 1.19 bits per heavy atom. The highest BCUT2D eigenvalue weighted by Crippen LogP contribution is 2.20. The maximum Gasteiger partial charge on any atom is 0.0746 e. The number of fused-ring (bicyclic) bond motifs is 1. The Balaban J connectivity index is 1.62. The number of piperidine rings is 1. The Morgan fingerprint density at radius 3 is 2.81 bits per heavy atom. The molecule has 2 heterocycles. The monoisotopic (exact) mass is 348 g/mol. The molecule has 0 aliphatic carbocycles. The molecule has 0 saturated carbocycles. The van der Waals surface area contributed by atoms with Crippen molar-refractivity contribution in [3.05, 3.63) is 42.1 Å². The lowest BCUT2D eigenvalue weighted by molar-refractivity contribution is 0.0142. The number of hydrogen-bond acceptors (Lipinski definition) is 3. The summed E-state index contributed by atoms with van der Waals surface area (Å²) >= 11 is 3.41. The lowest BCUT2D eigenvalue weighted by Gasteiger charge is -2.32. The summed E-state index contributed by atoms with van der Waals surface area (Å²) in [7, 11) is 0. The number of hydrogen-bond donors (Lipinski definition) is 0. The molecule has 1 aliphatic heterocycles. The third-order valence-electron chi connectivity index (χ3n) is 4.08. The lowest BCUT2D eigenvalue weighted by atomic mass is 10.1. The van der Waals surface area contributed by atoms with Crippen LogP contribution in [0.3, 0.4) is 0 Å². The van der Waals surface area contributed by atoms with Crippen LogP contribution >= 0.6 is 15.9 Å². The van der Waals surface area contributed by atoms with E-state index in [0.29, 0.717) is 6.10 Å². The van der Waals surface area contributed by atoms with E-state index in [-0.39, 0.29) is 0 Å². The second-order valence-corrected chi connectivity index (χ2v) is 6.32. The second kappa shape index (κ2) is 7.34. The molecular weight excluding hydrogens is 328 g/mol. The second-order valence-electron chi connectivity index (χ2n) is 5.53. The Hall–Kier alpha value is -0.970. The Morgan fingerprint density at radius 2 is 2.00 bits per heavy atom. The molecule has 2 aromatic rings. The summed E-state index contributed by atoms with van der Waals surface area (Å²) in [5.41, 5.74) is 2.46. The van der Waals surface area contributed by atoms with Crippen LogP contribution in [0.4, 0.5) is 0 Å². The van der Waals surface area contributed by atoms with Crippen LogP contribution in [0.2, 0.25) is 0 Å². The summed E-state index contributed by atoms with van der Waals surface area (Å²) in [4.78, 5) is 7.06. The third-order valence-corrected chi connectivity index (χ3v) is 4.40. The normalized spacial score (nSPS) is 17.4. The molecule has 1 saturated heterocycles. The van der Waals surface area contributed by atoms with Crippen molar-refractivity contribution in [1.29, 1.82) is 0 Å². The number of para-hydroxylation sites is 1. The van der Waals surface area contributed by atoms with Gasteiger partial charge in [-0.15, -0.1) is 0 Å². The van der Waals surface area contributed by atoms with Gasteiger partial charge in [-0.3, -0.25) is 9.88 Å². The van der Waals surface area contributed by atoms with Crippen molar-refractivity contribution in [3.63, 3.8) is 0 Å². The summed E-state index contributed by atoms with van der Waals surface area (Å²) in [5.74, 6) is 0. The number of rotatable bonds is 5. The van der Waals surface area contributed by atoms with E-state index in [4.69, 9.17) is 4.74 Å². The summed E-state index contributed by atoms with van der Waals surface area (Å²) in [6.07, 6.45) is 4.58. The summed E-state index contributed by atoms with van der Waals surface area (Å²) in [6.45, 7) is 4.02. The minimum absolute atomic E-state index is 0.435. The van der Waals surface area contributed by atoms with Crippen molar-refractivity contribution >= 4 is 26.8 Å². The molecule has 1 aliphatic rings. The van der Waals surface area contributed by atoms with Gasteiger partial charge in [-0.2, -0.15) is 0 Å². The zero-order valence-electron chi connectivity index (χ0n) is 12.2. The number of aromatic nitrogens is 1. The molecule has 4 heteroatoms. The van der Waals surface area contributed by atoms with Crippen molar-refractivity contribution < 1.29 is 4.74 Å². The third kappa shape index (κ3) is 3.82. The van der Waals surface area contributed by atoms with E-state index >= 15 is 0 Å². The first-order chi connectivity index (χ1) is 10.4. The van der Waals surface area contributed by atoms with Gasteiger partial charge in [0.25, 0.3) is 0 Å². The molecule has 1 aromatic heterocycles. The highest BCUT2D eigenvalue weighted by molar-refractivity contribution is 9.09. The van der Waals surface area contributed by atoms with E-state index in [1.54, 1.807) is 0 Å². The smallest absolute Gasteiger partial charge is 0.0746 e. The zero-order valence-corrected chi connectivity index (χ0v) is 13.8. The summed E-state index contributed by atoms with van der Waals surface area (Å²) < 4.78 is 5.81. The van der Waals surface area contributed by atoms with Gasteiger partial charge in [-0.25, -0.2) is 0 Å². The van der Waals surface area contributed by atoms with E-state index in [1.807, 2.05) is 12.3 Å². The topological polar surface area (TPSA) is 25.4 Å². The predicted octanol–water partition coefficient (Wildman–Crippen LogP) is 3.61. The van der Waals surface area contributed by atoms with Gasteiger partial charge in [0.05, 0.1) is 18.2 Å². The predicted molar refractivity (Wildman–Crippen MR) is 89.8 cm³/mol. The lowest BCUT2D eigenvalue weighted by Crippen LogP contribution is -2.36. The molecule has 0 amide bonds. The molecule has 21 heavy (non-hydrogen) atoms. The molecule has 3 rings (SSSR count). The van der Waals surface area contributed by atoms with Gasteiger partial charge in [0.1, 0.15) is 0 Å². The molecule has 112 valence electrons. The molecule has 0 N–H and O–H groups in total. The SMILES string of the molecule is BrCCOC1CCN(Cc2cccc3cccnc23)CC1. The maximum atomic E-state index is 5.81. The number of likely N-dealkylation sites (tertiary alicyclic amines) is 1. The van der Waals surface area contributed by atoms with Crippen LogP contribution in [-0.4, -0.2) is 41.0 Å². The zero-order chi connectivity index (χ0) is 14.5. The number of ether oxygens (including phenoxy) is 1. The highest BCUT2D eigenvalue weighted by atomic mass is 79.9. The number of halogens is 1. The molecule has 0 radical (unpaired) electrons. The van der Waals surface area contributed by atoms with Crippen LogP contribution in [0, 0.1) is 0 Å². The van der Waals surface area contributed by atoms with Gasteiger partial charge in [0.15, 0.2) is 0 Å². The molecule has 0 atom stereocenters. The van der Waals surface area contributed by atoms with E-state index in [2.05, 4.69) is 50.1 Å². The van der Waals surface area contributed by atoms with Gasteiger partial charge in [0, 0.05) is 36.5 Å². The average Bonchev–Trinajstić information content (AvgIpc) is 2.55. The molecule has 0 spiro atoms. The van der Waals surface area contributed by atoms with Crippen LogP contribution < -0.4 is 0 Å². The van der Waals surface area contributed by atoms with Crippen LogP contribution in [0.15, 0.2) is 36.5 Å². The van der Waals surface area contributed by atoms with Gasteiger partial charge in [-0.1, -0.05) is 40.2 Å². The summed E-state index contributed by atoms with van der Waals surface area (Å²) in [5, 5.41) is 2.15. The van der Waals surface area contributed by atoms with Gasteiger partial charge >= 0.3 is 0 Å². The van der Waals surface area contributed by atoms with Crippen molar-refractivity contribution in [1.82, 2.24) is 9.88 Å². The van der Waals surface area contributed by atoms with Crippen molar-refractivity contribution in [2.24, 2.45) is 0 Å². The molecule has 0 unspecified atom stereocenters. The number of alkyl halides is 1. The minimum atomic E-state index is 0.435. The van der Waals surface area contributed by atoms with Crippen LogP contribution in [-0.2, 0) is 11.3 Å². The van der Waals surface area contributed by atoms with Gasteiger partial charge in [0.2, 0.25) is 0 Å². The largest absolute Gasteiger partial charge is 0.377 e. The molecule has 1 aromatic carbocycles. The van der Waals surface area contributed by atoms with E-state index in [1.165, 1.54) is 10.9 Å². The fourth-order valence-corrected chi connectivity index (χ4v) is 3.17.